The van der Waals surface area contributed by atoms with Crippen molar-refractivity contribution in [3.8, 4) is 0 Å². The second-order valence-electron chi connectivity index (χ2n) is 6.65. The third kappa shape index (κ3) is 4.47. The molecule has 0 aromatic carbocycles. The molecule has 2 aromatic rings. The summed E-state index contributed by atoms with van der Waals surface area (Å²) in [6, 6.07) is 3.59. The fraction of sp³-hybridized carbons (Fsp3) is 0.474. The van der Waals surface area contributed by atoms with Gasteiger partial charge in [0, 0.05) is 44.7 Å². The molecule has 0 saturated heterocycles. The number of amides is 2. The summed E-state index contributed by atoms with van der Waals surface area (Å²) in [7, 11) is 1.95. The largest absolute Gasteiger partial charge is 0.338 e. The zero-order valence-electron chi connectivity index (χ0n) is 15.4. The van der Waals surface area contributed by atoms with Crippen LogP contribution in [0, 0.1) is 0 Å². The summed E-state index contributed by atoms with van der Waals surface area (Å²) in [6.07, 6.45) is 9.98. The van der Waals surface area contributed by atoms with Crippen LogP contribution in [-0.4, -0.2) is 47.4 Å². The Morgan fingerprint density at radius 2 is 2.19 bits per heavy atom. The lowest BCUT2D eigenvalue weighted by molar-refractivity contribution is 0.252. The Labute approximate surface area is 153 Å². The monoisotopic (exact) mass is 354 g/mol. The van der Waals surface area contributed by atoms with Gasteiger partial charge in [0.1, 0.15) is 5.52 Å². The van der Waals surface area contributed by atoms with Gasteiger partial charge in [-0.1, -0.05) is 26.2 Å². The minimum atomic E-state index is -0.204. The molecular formula is C19H26N6O. The summed E-state index contributed by atoms with van der Waals surface area (Å²) in [5, 5.41) is 12.0. The molecular weight excluding hydrogens is 328 g/mol. The third-order valence-corrected chi connectivity index (χ3v) is 4.50. The number of fused-ring (bicyclic) bond motifs is 1. The van der Waals surface area contributed by atoms with E-state index in [-0.39, 0.29) is 11.9 Å². The third-order valence-electron chi connectivity index (χ3n) is 4.50. The van der Waals surface area contributed by atoms with Crippen molar-refractivity contribution in [1.82, 2.24) is 20.3 Å². The zero-order valence-corrected chi connectivity index (χ0v) is 15.4. The summed E-state index contributed by atoms with van der Waals surface area (Å²) in [5.74, 6) is 0.224. The molecule has 0 spiro atoms. The van der Waals surface area contributed by atoms with Crippen molar-refractivity contribution in [1.29, 1.82) is 0 Å². The number of hydrazone groups is 1. The number of rotatable bonds is 7. The standard InChI is InChI=1S/C19H26N6O/c1-3-4-5-6-8-21-19(26)24-16-7-9-20-17-10-14(11-22-18(16)17)15-12-23-25(2)13-15/h7,9-12,15H,3-6,8,13H2,1-2H3,(H2,20,21,24,26). The number of aromatic nitrogens is 2. The lowest BCUT2D eigenvalue weighted by atomic mass is 10.0. The maximum atomic E-state index is 12.1. The van der Waals surface area contributed by atoms with Crippen molar-refractivity contribution < 1.29 is 4.79 Å². The van der Waals surface area contributed by atoms with Crippen LogP contribution in [-0.2, 0) is 0 Å². The van der Waals surface area contributed by atoms with Crippen LogP contribution in [0.4, 0.5) is 10.5 Å². The molecule has 1 aliphatic rings. The van der Waals surface area contributed by atoms with Crippen molar-refractivity contribution in [3.05, 3.63) is 30.1 Å². The highest BCUT2D eigenvalue weighted by Crippen LogP contribution is 2.24. The topological polar surface area (TPSA) is 82.5 Å². The van der Waals surface area contributed by atoms with E-state index in [0.29, 0.717) is 17.7 Å². The minimum absolute atomic E-state index is 0.204. The second-order valence-corrected chi connectivity index (χ2v) is 6.65. The lowest BCUT2D eigenvalue weighted by Gasteiger charge is -2.12. The molecule has 0 radical (unpaired) electrons. The highest BCUT2D eigenvalue weighted by atomic mass is 16.2. The Morgan fingerprint density at radius 3 is 2.96 bits per heavy atom. The Kier molecular flexibility index (Phi) is 5.99. The molecule has 0 aliphatic carbocycles. The van der Waals surface area contributed by atoms with Crippen LogP contribution in [0.1, 0.15) is 44.1 Å². The van der Waals surface area contributed by atoms with Crippen LogP contribution in [0.5, 0.6) is 0 Å². The van der Waals surface area contributed by atoms with Gasteiger partial charge in [-0.05, 0) is 24.1 Å². The first kappa shape index (κ1) is 18.1. The fourth-order valence-corrected chi connectivity index (χ4v) is 3.03. The Balaban J connectivity index is 1.65. The molecule has 2 amide bonds. The van der Waals surface area contributed by atoms with Gasteiger partial charge in [-0.15, -0.1) is 0 Å². The van der Waals surface area contributed by atoms with Crippen LogP contribution in [0.2, 0.25) is 0 Å². The number of carbonyl (C=O) groups excluding carboxylic acids is 1. The van der Waals surface area contributed by atoms with E-state index in [1.807, 2.05) is 30.5 Å². The number of carbonyl (C=O) groups is 1. The van der Waals surface area contributed by atoms with Crippen LogP contribution >= 0.6 is 0 Å². The molecule has 26 heavy (non-hydrogen) atoms. The van der Waals surface area contributed by atoms with Gasteiger partial charge in [0.25, 0.3) is 0 Å². The van der Waals surface area contributed by atoms with E-state index in [9.17, 15) is 4.79 Å². The number of nitrogens with zero attached hydrogens (tertiary/aromatic N) is 4. The van der Waals surface area contributed by atoms with Crippen LogP contribution < -0.4 is 10.6 Å². The van der Waals surface area contributed by atoms with Gasteiger partial charge < -0.3 is 10.6 Å². The molecule has 2 aromatic heterocycles. The fourth-order valence-electron chi connectivity index (χ4n) is 3.03. The maximum Gasteiger partial charge on any atom is 0.319 e. The quantitative estimate of drug-likeness (QED) is 0.747. The second kappa shape index (κ2) is 8.60. The molecule has 3 heterocycles. The SMILES string of the molecule is CCCCCCNC(=O)Nc1ccnc2cc(C3C=NN(C)C3)cnc12. The van der Waals surface area contributed by atoms with Gasteiger partial charge in [-0.2, -0.15) is 5.10 Å². The molecule has 1 unspecified atom stereocenters. The average Bonchev–Trinajstić information content (AvgIpc) is 3.08. The van der Waals surface area contributed by atoms with E-state index in [1.165, 1.54) is 12.8 Å². The molecule has 1 aliphatic heterocycles. The number of hydrogen-bond donors (Lipinski definition) is 2. The lowest BCUT2D eigenvalue weighted by Crippen LogP contribution is -2.29. The minimum Gasteiger partial charge on any atom is -0.338 e. The summed E-state index contributed by atoms with van der Waals surface area (Å²) in [4.78, 5) is 21.1. The van der Waals surface area contributed by atoms with E-state index in [4.69, 9.17) is 0 Å². The van der Waals surface area contributed by atoms with E-state index < -0.39 is 0 Å². The predicted octanol–water partition coefficient (Wildman–Crippen LogP) is 3.35. The van der Waals surface area contributed by atoms with Gasteiger partial charge in [0.15, 0.2) is 0 Å². The molecule has 7 heteroatoms. The first-order valence-corrected chi connectivity index (χ1v) is 9.22. The van der Waals surface area contributed by atoms with E-state index in [2.05, 4.69) is 32.6 Å². The summed E-state index contributed by atoms with van der Waals surface area (Å²) >= 11 is 0. The summed E-state index contributed by atoms with van der Waals surface area (Å²) in [6.45, 7) is 3.69. The maximum absolute atomic E-state index is 12.1. The molecule has 0 saturated carbocycles. The van der Waals surface area contributed by atoms with Crippen molar-refractivity contribution in [3.63, 3.8) is 0 Å². The molecule has 1 atom stereocenters. The van der Waals surface area contributed by atoms with Gasteiger partial charge in [0.05, 0.1) is 11.2 Å². The molecule has 0 fully saturated rings. The Morgan fingerprint density at radius 1 is 1.31 bits per heavy atom. The first-order chi connectivity index (χ1) is 12.7. The molecule has 7 nitrogen and oxygen atoms in total. The highest BCUT2D eigenvalue weighted by Gasteiger charge is 2.18. The normalized spacial score (nSPS) is 16.2. The number of nitrogens with one attached hydrogen (secondary N) is 2. The number of anilines is 1. The number of hydrogen-bond acceptors (Lipinski definition) is 5. The van der Waals surface area contributed by atoms with Crippen molar-refractivity contribution in [2.45, 2.75) is 38.5 Å². The molecule has 138 valence electrons. The van der Waals surface area contributed by atoms with Gasteiger partial charge >= 0.3 is 6.03 Å². The van der Waals surface area contributed by atoms with Crippen LogP contribution in [0.15, 0.2) is 29.6 Å². The zero-order chi connectivity index (χ0) is 18.4. The summed E-state index contributed by atoms with van der Waals surface area (Å²) in [5.41, 5.74) is 3.22. The van der Waals surface area contributed by atoms with Gasteiger partial charge in [-0.25, -0.2) is 4.79 Å². The van der Waals surface area contributed by atoms with E-state index in [1.54, 1.807) is 12.3 Å². The first-order valence-electron chi connectivity index (χ1n) is 9.22. The molecule has 3 rings (SSSR count). The smallest absolute Gasteiger partial charge is 0.319 e. The molecule has 2 N–H and O–H groups in total. The van der Waals surface area contributed by atoms with Crippen LogP contribution in [0.25, 0.3) is 11.0 Å². The van der Waals surface area contributed by atoms with Gasteiger partial charge in [-0.3, -0.25) is 15.0 Å². The van der Waals surface area contributed by atoms with E-state index >= 15 is 0 Å². The number of pyridine rings is 2. The average molecular weight is 354 g/mol. The Bertz CT molecular complexity index is 791. The van der Waals surface area contributed by atoms with Crippen molar-refractivity contribution >= 4 is 29.0 Å². The summed E-state index contributed by atoms with van der Waals surface area (Å²) < 4.78 is 0. The predicted molar refractivity (Wildman–Crippen MR) is 105 cm³/mol. The van der Waals surface area contributed by atoms with Crippen LogP contribution in [0.3, 0.4) is 0 Å². The number of unbranched alkanes of at least 4 members (excludes halogenated alkanes) is 3. The van der Waals surface area contributed by atoms with Gasteiger partial charge in [0.2, 0.25) is 0 Å². The van der Waals surface area contributed by atoms with Crippen molar-refractivity contribution in [2.75, 3.05) is 25.5 Å². The number of urea groups is 1. The highest BCUT2D eigenvalue weighted by molar-refractivity contribution is 5.98. The van der Waals surface area contributed by atoms with E-state index in [0.717, 1.165) is 30.5 Å². The number of likely N-dealkylation sites (N-methyl/N-ethyl adjacent to an activating group) is 1. The molecule has 0 bridgehead atoms. The van der Waals surface area contributed by atoms with Crippen molar-refractivity contribution in [2.24, 2.45) is 5.10 Å². The Hall–Kier alpha value is -2.70.